The van der Waals surface area contributed by atoms with E-state index in [-0.39, 0.29) is 0 Å². The molecule has 2 aromatic carbocycles. The lowest BCUT2D eigenvalue weighted by atomic mass is 10.1. The van der Waals surface area contributed by atoms with Crippen molar-refractivity contribution >= 4 is 39.9 Å². The number of nitrogens with one attached hydrogen (secondary N) is 1. The van der Waals surface area contributed by atoms with Crippen molar-refractivity contribution in [3.63, 3.8) is 0 Å². The molecule has 0 fully saturated rings. The van der Waals surface area contributed by atoms with Crippen molar-refractivity contribution in [2.75, 3.05) is 5.32 Å². The lowest BCUT2D eigenvalue weighted by Gasteiger charge is -2.14. The maximum absolute atomic E-state index is 11.8. The molecule has 30 heavy (non-hydrogen) atoms. The number of nitrogens with zero attached hydrogens (tertiary/aromatic N) is 3. The number of halogens is 1. The zero-order chi connectivity index (χ0) is 21.1. The fourth-order valence-electron chi connectivity index (χ4n) is 3.02. The predicted octanol–water partition coefficient (Wildman–Crippen LogP) is 4.50. The molecule has 0 radical (unpaired) electrons. The summed E-state index contributed by atoms with van der Waals surface area (Å²) in [6.07, 6.45) is 3.37. The van der Waals surface area contributed by atoms with Crippen LogP contribution in [0.3, 0.4) is 0 Å². The van der Waals surface area contributed by atoms with Crippen molar-refractivity contribution in [3.05, 3.63) is 72.6 Å². The largest absolute Gasteiger partial charge is 0.475 e. The van der Waals surface area contributed by atoms with Gasteiger partial charge in [0.05, 0.1) is 16.8 Å². The maximum Gasteiger partial charge on any atom is 0.250 e. The van der Waals surface area contributed by atoms with Crippen molar-refractivity contribution in [2.45, 2.75) is 12.5 Å². The Kier molecular flexibility index (Phi) is 5.45. The molecule has 0 saturated heterocycles. The van der Waals surface area contributed by atoms with Gasteiger partial charge in [0.2, 0.25) is 0 Å². The second-order valence-electron chi connectivity index (χ2n) is 6.51. The molecule has 2 aromatic heterocycles. The van der Waals surface area contributed by atoms with E-state index in [2.05, 4.69) is 20.3 Å². The lowest BCUT2D eigenvalue weighted by Crippen LogP contribution is -2.13. The summed E-state index contributed by atoms with van der Waals surface area (Å²) in [6, 6.07) is 16.1. The smallest absolute Gasteiger partial charge is 0.250 e. The van der Waals surface area contributed by atoms with Gasteiger partial charge >= 0.3 is 0 Å². The van der Waals surface area contributed by atoms with E-state index in [1.165, 1.54) is 0 Å². The summed E-state index contributed by atoms with van der Waals surface area (Å²) < 4.78 is 5.60. The third-order valence-electron chi connectivity index (χ3n) is 4.33. The molecule has 4 aromatic rings. The Hall–Kier alpha value is -3.71. The van der Waals surface area contributed by atoms with Crippen molar-refractivity contribution in [3.8, 4) is 17.1 Å². The van der Waals surface area contributed by atoms with Crippen molar-refractivity contribution < 1.29 is 9.53 Å². The second kappa shape index (κ2) is 8.34. The van der Waals surface area contributed by atoms with E-state index in [9.17, 15) is 4.79 Å². The zero-order valence-corrected chi connectivity index (χ0v) is 16.8. The Balaban J connectivity index is 1.89. The number of amides is 1. The van der Waals surface area contributed by atoms with E-state index in [1.54, 1.807) is 49.6 Å². The highest BCUT2D eigenvalue weighted by atomic mass is 35.5. The van der Waals surface area contributed by atoms with Gasteiger partial charge in [0.1, 0.15) is 11.6 Å². The van der Waals surface area contributed by atoms with E-state index in [0.29, 0.717) is 39.5 Å². The molecule has 1 unspecified atom stereocenters. The van der Waals surface area contributed by atoms with Gasteiger partial charge in [0.15, 0.2) is 11.4 Å². The number of primary amides is 1. The molecule has 3 N–H and O–H groups in total. The third-order valence-corrected chi connectivity index (χ3v) is 4.42. The molecule has 2 heterocycles. The van der Waals surface area contributed by atoms with Crippen LogP contribution in [0.15, 0.2) is 67.0 Å². The van der Waals surface area contributed by atoms with E-state index in [1.807, 2.05) is 24.3 Å². The molecule has 0 spiro atoms. The third kappa shape index (κ3) is 4.16. The fraction of sp³-hybridized carbons (Fsp3) is 0.0909. The van der Waals surface area contributed by atoms with Gasteiger partial charge < -0.3 is 15.8 Å². The molecule has 1 atom stereocenters. The fourth-order valence-corrected chi connectivity index (χ4v) is 3.13. The first-order valence-corrected chi connectivity index (χ1v) is 9.63. The Morgan fingerprint density at radius 2 is 1.97 bits per heavy atom. The Morgan fingerprint density at radius 3 is 2.70 bits per heavy atom. The van der Waals surface area contributed by atoms with Crippen LogP contribution in [0.4, 0.5) is 11.5 Å². The summed E-state index contributed by atoms with van der Waals surface area (Å²) in [4.78, 5) is 25.3. The standard InChI is InChI=1S/C22H18ClN5O2/c1-13(23)30-15-8-9-19-17(11-15)22(27-18-7-3-2-6-16(18)20(24)29)28-21(26-19)14-5-4-10-25-12-14/h2-13H,1H3,(H2,24,29)(H,26,27,28). The Morgan fingerprint density at radius 1 is 1.13 bits per heavy atom. The van der Waals surface area contributed by atoms with Crippen LogP contribution >= 0.6 is 11.6 Å². The summed E-state index contributed by atoms with van der Waals surface area (Å²) in [5, 5.41) is 3.93. The number of rotatable bonds is 6. The van der Waals surface area contributed by atoms with Gasteiger partial charge in [-0.1, -0.05) is 23.7 Å². The molecule has 150 valence electrons. The average molecular weight is 420 g/mol. The molecule has 0 aliphatic heterocycles. The molecule has 1 amide bonds. The highest BCUT2D eigenvalue weighted by Gasteiger charge is 2.14. The zero-order valence-electron chi connectivity index (χ0n) is 16.0. The number of fused-ring (bicyclic) bond motifs is 1. The number of ether oxygens (including phenoxy) is 1. The number of hydrogen-bond donors (Lipinski definition) is 2. The van der Waals surface area contributed by atoms with Crippen LogP contribution in [0.1, 0.15) is 17.3 Å². The Bertz CT molecular complexity index is 1210. The van der Waals surface area contributed by atoms with Gasteiger partial charge in [-0.2, -0.15) is 0 Å². The molecular formula is C22H18ClN5O2. The minimum absolute atomic E-state index is 0.356. The first kappa shape index (κ1) is 19.6. The lowest BCUT2D eigenvalue weighted by molar-refractivity contribution is 0.100. The molecule has 0 aliphatic carbocycles. The summed E-state index contributed by atoms with van der Waals surface area (Å²) in [5.74, 6) is 1.03. The number of alkyl halides is 1. The number of benzene rings is 2. The van der Waals surface area contributed by atoms with Crippen LogP contribution in [-0.4, -0.2) is 26.4 Å². The number of carbonyl (C=O) groups is 1. The van der Waals surface area contributed by atoms with Crippen LogP contribution in [0, 0.1) is 0 Å². The van der Waals surface area contributed by atoms with Crippen molar-refractivity contribution in [2.24, 2.45) is 5.73 Å². The molecular weight excluding hydrogens is 402 g/mol. The second-order valence-corrected chi connectivity index (χ2v) is 7.13. The maximum atomic E-state index is 11.8. The van der Waals surface area contributed by atoms with E-state index in [0.717, 1.165) is 5.56 Å². The quantitative estimate of drug-likeness (QED) is 0.446. The van der Waals surface area contributed by atoms with Crippen molar-refractivity contribution in [1.82, 2.24) is 15.0 Å². The monoisotopic (exact) mass is 419 g/mol. The highest BCUT2D eigenvalue weighted by Crippen LogP contribution is 2.31. The molecule has 8 heteroatoms. The van der Waals surface area contributed by atoms with Crippen LogP contribution in [-0.2, 0) is 0 Å². The van der Waals surface area contributed by atoms with Gasteiger partial charge in [0, 0.05) is 23.3 Å². The summed E-state index contributed by atoms with van der Waals surface area (Å²) in [6.45, 7) is 1.73. The van der Waals surface area contributed by atoms with E-state index < -0.39 is 11.5 Å². The number of nitrogens with two attached hydrogens (primary N) is 1. The molecule has 0 bridgehead atoms. The number of carbonyl (C=O) groups excluding carboxylic acids is 1. The van der Waals surface area contributed by atoms with Crippen LogP contribution in [0.2, 0.25) is 0 Å². The predicted molar refractivity (Wildman–Crippen MR) is 117 cm³/mol. The number of pyridine rings is 1. The van der Waals surface area contributed by atoms with Crippen molar-refractivity contribution in [1.29, 1.82) is 0 Å². The molecule has 0 aliphatic rings. The first-order chi connectivity index (χ1) is 14.5. The summed E-state index contributed by atoms with van der Waals surface area (Å²) in [7, 11) is 0. The SMILES string of the molecule is CC(Cl)Oc1ccc2nc(-c3cccnc3)nc(Nc3ccccc3C(N)=O)c2c1. The normalized spacial score (nSPS) is 11.8. The minimum Gasteiger partial charge on any atom is -0.475 e. The topological polar surface area (TPSA) is 103 Å². The average Bonchev–Trinajstić information content (AvgIpc) is 2.74. The summed E-state index contributed by atoms with van der Waals surface area (Å²) in [5.41, 5.74) is 7.38. The molecule has 0 saturated carbocycles. The van der Waals surface area contributed by atoms with Gasteiger partial charge in [0.25, 0.3) is 5.91 Å². The molecule has 7 nitrogen and oxygen atoms in total. The van der Waals surface area contributed by atoms with E-state index >= 15 is 0 Å². The van der Waals surface area contributed by atoms with Gasteiger partial charge in [-0.3, -0.25) is 9.78 Å². The molecule has 4 rings (SSSR count). The van der Waals surface area contributed by atoms with Crippen LogP contribution in [0.5, 0.6) is 5.75 Å². The highest BCUT2D eigenvalue weighted by molar-refractivity contribution is 6.19. The van der Waals surface area contributed by atoms with Gasteiger partial charge in [-0.25, -0.2) is 9.97 Å². The van der Waals surface area contributed by atoms with Gasteiger partial charge in [-0.15, -0.1) is 0 Å². The van der Waals surface area contributed by atoms with Crippen LogP contribution < -0.4 is 15.8 Å². The van der Waals surface area contributed by atoms with E-state index in [4.69, 9.17) is 22.1 Å². The number of hydrogen-bond acceptors (Lipinski definition) is 6. The van der Waals surface area contributed by atoms with Gasteiger partial charge in [-0.05, 0) is 49.4 Å². The minimum atomic E-state index is -0.538. The van der Waals surface area contributed by atoms with Crippen LogP contribution in [0.25, 0.3) is 22.3 Å². The number of aromatic nitrogens is 3. The number of anilines is 2. The number of para-hydroxylation sites is 1. The Labute approximate surface area is 177 Å². The summed E-state index contributed by atoms with van der Waals surface area (Å²) >= 11 is 5.97. The first-order valence-electron chi connectivity index (χ1n) is 9.20.